The Morgan fingerprint density at radius 1 is 1.08 bits per heavy atom. The van der Waals surface area contributed by atoms with Crippen LogP contribution < -0.4 is 4.72 Å². The fourth-order valence-corrected chi connectivity index (χ4v) is 4.64. The number of sulfonamides is 1. The van der Waals surface area contributed by atoms with Crippen molar-refractivity contribution < 1.29 is 17.6 Å². The molecular formula is C16H12FNO3S3. The molecule has 0 saturated heterocycles. The van der Waals surface area contributed by atoms with Gasteiger partial charge in [-0.05, 0) is 47.8 Å². The normalized spacial score (nSPS) is 11.5. The van der Waals surface area contributed by atoms with Crippen molar-refractivity contribution >= 4 is 38.5 Å². The molecule has 0 saturated carbocycles. The predicted octanol–water partition coefficient (Wildman–Crippen LogP) is 3.66. The molecular weight excluding hydrogens is 369 g/mol. The number of hydrogen-bond donors (Lipinski definition) is 1. The zero-order valence-corrected chi connectivity index (χ0v) is 14.7. The summed E-state index contributed by atoms with van der Waals surface area (Å²) in [5.74, 6) is -0.572. The van der Waals surface area contributed by atoms with Gasteiger partial charge in [0.15, 0.2) is 0 Å². The lowest BCUT2D eigenvalue weighted by Crippen LogP contribution is -2.22. The molecule has 0 fully saturated rings. The maximum atomic E-state index is 12.9. The fraction of sp³-hybridized carbons (Fsp3) is 0.0625. The number of thiophene rings is 2. The molecule has 0 atom stereocenters. The number of carbonyl (C=O) groups is 1. The van der Waals surface area contributed by atoms with Crippen molar-refractivity contribution in [3.05, 3.63) is 74.4 Å². The second kappa shape index (κ2) is 6.94. The maximum absolute atomic E-state index is 12.9. The number of carbonyl (C=O) groups excluding carboxylic acids is 1. The van der Waals surface area contributed by atoms with Crippen LogP contribution >= 0.6 is 22.7 Å². The average molecular weight is 381 g/mol. The molecule has 0 bridgehead atoms. The van der Waals surface area contributed by atoms with Crippen LogP contribution in [-0.2, 0) is 16.6 Å². The van der Waals surface area contributed by atoms with Crippen LogP contribution in [-0.4, -0.2) is 14.2 Å². The summed E-state index contributed by atoms with van der Waals surface area (Å²) in [5.41, 5.74) is 0.625. The third-order valence-electron chi connectivity index (χ3n) is 3.23. The van der Waals surface area contributed by atoms with E-state index in [0.717, 1.165) is 17.0 Å². The third-order valence-corrected chi connectivity index (χ3v) is 6.41. The topological polar surface area (TPSA) is 63.2 Å². The highest BCUT2D eigenvalue weighted by molar-refractivity contribution is 7.89. The molecule has 0 aliphatic rings. The van der Waals surface area contributed by atoms with Gasteiger partial charge in [-0.15, -0.1) is 11.3 Å². The number of nitrogens with one attached hydrogen (secondary N) is 1. The molecule has 0 aliphatic heterocycles. The summed E-state index contributed by atoms with van der Waals surface area (Å²) in [7, 11) is -3.72. The highest BCUT2D eigenvalue weighted by Crippen LogP contribution is 2.22. The van der Waals surface area contributed by atoms with Crippen molar-refractivity contribution in [1.82, 2.24) is 4.72 Å². The Bertz CT molecular complexity index is 945. The minimum absolute atomic E-state index is 0.00460. The third kappa shape index (κ3) is 3.78. The Hall–Kier alpha value is -1.87. The molecule has 2 aromatic heterocycles. The Morgan fingerprint density at radius 2 is 1.83 bits per heavy atom. The second-order valence-corrected chi connectivity index (χ2v) is 8.60. The van der Waals surface area contributed by atoms with Crippen LogP contribution in [0.25, 0.3) is 0 Å². The van der Waals surface area contributed by atoms with E-state index in [1.54, 1.807) is 23.6 Å². The molecule has 0 radical (unpaired) electrons. The molecule has 8 heteroatoms. The molecule has 3 aromatic rings. The standard InChI is InChI=1S/C16H12FNO3S3/c17-12-1-4-14(5-2-12)24(20,21)18-9-13-3-6-15(23-13)16(19)11-7-8-22-10-11/h1-8,10,18H,9H2. The zero-order chi connectivity index (χ0) is 17.2. The molecule has 0 spiro atoms. The van der Waals surface area contributed by atoms with E-state index in [4.69, 9.17) is 0 Å². The van der Waals surface area contributed by atoms with Gasteiger partial charge in [0.1, 0.15) is 5.82 Å². The molecule has 2 heterocycles. The van der Waals surface area contributed by atoms with E-state index in [-0.39, 0.29) is 17.2 Å². The molecule has 24 heavy (non-hydrogen) atoms. The molecule has 1 N–H and O–H groups in total. The molecule has 0 aliphatic carbocycles. The van der Waals surface area contributed by atoms with Crippen LogP contribution in [0.4, 0.5) is 4.39 Å². The van der Waals surface area contributed by atoms with Crippen LogP contribution in [0.15, 0.2) is 58.1 Å². The first kappa shape index (κ1) is 17.0. The minimum atomic E-state index is -3.72. The Balaban J connectivity index is 1.69. The monoisotopic (exact) mass is 381 g/mol. The van der Waals surface area contributed by atoms with Gasteiger partial charge in [0.05, 0.1) is 9.77 Å². The molecule has 1 aromatic carbocycles. The van der Waals surface area contributed by atoms with E-state index in [2.05, 4.69) is 4.72 Å². The van der Waals surface area contributed by atoms with Crippen molar-refractivity contribution in [2.75, 3.05) is 0 Å². The number of rotatable bonds is 6. The van der Waals surface area contributed by atoms with Gasteiger partial charge in [0, 0.05) is 22.4 Å². The first-order valence-corrected chi connectivity index (χ1v) is 10.1. The van der Waals surface area contributed by atoms with E-state index in [1.807, 2.05) is 5.38 Å². The van der Waals surface area contributed by atoms with Crippen LogP contribution in [0, 0.1) is 5.82 Å². The van der Waals surface area contributed by atoms with E-state index in [0.29, 0.717) is 10.4 Å². The average Bonchev–Trinajstić information content (AvgIpc) is 3.25. The van der Waals surface area contributed by atoms with Crippen LogP contribution in [0.3, 0.4) is 0 Å². The SMILES string of the molecule is O=C(c1ccsc1)c1ccc(CNS(=O)(=O)c2ccc(F)cc2)s1. The quantitative estimate of drug-likeness (QED) is 0.663. The second-order valence-electron chi connectivity index (χ2n) is 4.89. The van der Waals surface area contributed by atoms with Crippen LogP contribution in [0.1, 0.15) is 20.1 Å². The minimum Gasteiger partial charge on any atom is -0.288 e. The van der Waals surface area contributed by atoms with Gasteiger partial charge >= 0.3 is 0 Å². The van der Waals surface area contributed by atoms with E-state index < -0.39 is 15.8 Å². The predicted molar refractivity (Wildman–Crippen MR) is 92.5 cm³/mol. The smallest absolute Gasteiger partial charge is 0.240 e. The lowest BCUT2D eigenvalue weighted by atomic mass is 10.2. The highest BCUT2D eigenvalue weighted by Gasteiger charge is 2.16. The number of benzene rings is 1. The van der Waals surface area contributed by atoms with Crippen molar-refractivity contribution in [3.8, 4) is 0 Å². The van der Waals surface area contributed by atoms with Gasteiger partial charge in [-0.3, -0.25) is 4.79 Å². The van der Waals surface area contributed by atoms with Crippen LogP contribution in [0.2, 0.25) is 0 Å². The van der Waals surface area contributed by atoms with Crippen molar-refractivity contribution in [3.63, 3.8) is 0 Å². The summed E-state index contributed by atoms with van der Waals surface area (Å²) in [4.78, 5) is 13.5. The number of halogens is 1. The number of ketones is 1. The Labute approximate surface area is 146 Å². The Morgan fingerprint density at radius 3 is 2.50 bits per heavy atom. The van der Waals surface area contributed by atoms with Gasteiger partial charge < -0.3 is 0 Å². The molecule has 3 rings (SSSR count). The highest BCUT2D eigenvalue weighted by atomic mass is 32.2. The van der Waals surface area contributed by atoms with E-state index >= 15 is 0 Å². The van der Waals surface area contributed by atoms with E-state index in [9.17, 15) is 17.6 Å². The van der Waals surface area contributed by atoms with E-state index in [1.165, 1.54) is 34.8 Å². The zero-order valence-electron chi connectivity index (χ0n) is 12.2. The summed E-state index contributed by atoms with van der Waals surface area (Å²) >= 11 is 2.69. The number of hydrogen-bond acceptors (Lipinski definition) is 5. The molecule has 124 valence electrons. The van der Waals surface area contributed by atoms with Crippen molar-refractivity contribution in [2.24, 2.45) is 0 Å². The molecule has 0 amide bonds. The fourth-order valence-electron chi connectivity index (χ4n) is 1.99. The Kier molecular flexibility index (Phi) is 4.91. The van der Waals surface area contributed by atoms with Crippen molar-refractivity contribution in [1.29, 1.82) is 0 Å². The first-order chi connectivity index (χ1) is 11.5. The summed E-state index contributed by atoms with van der Waals surface area (Å²) in [5, 5.41) is 3.61. The summed E-state index contributed by atoms with van der Waals surface area (Å²) in [6.07, 6.45) is 0. The first-order valence-electron chi connectivity index (χ1n) is 6.86. The van der Waals surface area contributed by atoms with Gasteiger partial charge in [-0.2, -0.15) is 11.3 Å². The summed E-state index contributed by atoms with van der Waals surface area (Å²) in [6.45, 7) is 0.0707. The molecule has 4 nitrogen and oxygen atoms in total. The van der Waals surface area contributed by atoms with Gasteiger partial charge in [0.2, 0.25) is 15.8 Å². The van der Waals surface area contributed by atoms with Gasteiger partial charge in [0.25, 0.3) is 0 Å². The molecule has 0 unspecified atom stereocenters. The lowest BCUT2D eigenvalue weighted by Gasteiger charge is -2.05. The van der Waals surface area contributed by atoms with Gasteiger partial charge in [-0.25, -0.2) is 17.5 Å². The maximum Gasteiger partial charge on any atom is 0.240 e. The summed E-state index contributed by atoms with van der Waals surface area (Å²) in [6, 6.07) is 9.76. The van der Waals surface area contributed by atoms with Crippen molar-refractivity contribution in [2.45, 2.75) is 11.4 Å². The van der Waals surface area contributed by atoms with Gasteiger partial charge in [-0.1, -0.05) is 0 Å². The summed E-state index contributed by atoms with van der Waals surface area (Å²) < 4.78 is 39.6. The van der Waals surface area contributed by atoms with Crippen LogP contribution in [0.5, 0.6) is 0 Å². The largest absolute Gasteiger partial charge is 0.288 e. The lowest BCUT2D eigenvalue weighted by molar-refractivity contribution is 0.104.